The molecule has 0 atom stereocenters. The first kappa shape index (κ1) is 19.1. The maximum absolute atomic E-state index is 12.8. The topological polar surface area (TPSA) is 55.4 Å². The normalized spacial score (nSPS) is 12.9. The van der Waals surface area contributed by atoms with Crippen LogP contribution in [-0.2, 0) is 40.0 Å². The number of rotatable bonds is 7. The molecule has 1 aliphatic carbocycles. The van der Waals surface area contributed by atoms with Gasteiger partial charge in [-0.1, -0.05) is 30.3 Å². The average Bonchev–Trinajstić information content (AvgIpc) is 2.68. The van der Waals surface area contributed by atoms with E-state index in [0.717, 1.165) is 24.0 Å². The maximum Gasteiger partial charge on any atom is 0.310 e. The van der Waals surface area contributed by atoms with Crippen molar-refractivity contribution in [1.29, 1.82) is 0 Å². The molecule has 3 rings (SSSR count). The summed E-state index contributed by atoms with van der Waals surface area (Å²) in [6, 6.07) is 12.3. The van der Waals surface area contributed by atoms with Crippen LogP contribution in [0.4, 0.5) is 4.39 Å². The van der Waals surface area contributed by atoms with E-state index in [9.17, 15) is 14.0 Å². The molecule has 142 valence electrons. The van der Waals surface area contributed by atoms with Crippen LogP contribution < -0.4 is 5.32 Å². The monoisotopic (exact) mass is 369 g/mol. The second-order valence-corrected chi connectivity index (χ2v) is 6.87. The minimum atomic E-state index is -0.403. The molecule has 0 aromatic heterocycles. The lowest BCUT2D eigenvalue weighted by molar-refractivity contribution is -0.147. The number of amides is 1. The van der Waals surface area contributed by atoms with Crippen molar-refractivity contribution in [2.24, 2.45) is 0 Å². The Balaban J connectivity index is 1.37. The Kier molecular flexibility index (Phi) is 6.58. The summed E-state index contributed by atoms with van der Waals surface area (Å²) < 4.78 is 17.9. The van der Waals surface area contributed by atoms with Crippen LogP contribution in [0.1, 0.15) is 35.1 Å². The molecule has 0 bridgehead atoms. The molecule has 0 aliphatic heterocycles. The number of nitrogens with one attached hydrogen (secondary N) is 1. The Morgan fingerprint density at radius 3 is 2.44 bits per heavy atom. The van der Waals surface area contributed by atoms with Gasteiger partial charge in [0.05, 0.1) is 6.42 Å². The van der Waals surface area contributed by atoms with E-state index in [1.165, 1.54) is 36.1 Å². The first-order valence-electron chi connectivity index (χ1n) is 9.37. The molecule has 1 N–H and O–H groups in total. The number of esters is 1. The van der Waals surface area contributed by atoms with Gasteiger partial charge in [0.15, 0.2) is 6.61 Å². The van der Waals surface area contributed by atoms with Crippen molar-refractivity contribution in [3.63, 3.8) is 0 Å². The molecule has 0 spiro atoms. The summed E-state index contributed by atoms with van der Waals surface area (Å²) in [4.78, 5) is 23.8. The third-order valence-corrected chi connectivity index (χ3v) is 4.77. The Morgan fingerprint density at radius 1 is 0.963 bits per heavy atom. The van der Waals surface area contributed by atoms with Crippen LogP contribution in [0.3, 0.4) is 0 Å². The number of carbonyl (C=O) groups is 2. The number of carbonyl (C=O) groups excluding carboxylic acids is 2. The van der Waals surface area contributed by atoms with Crippen molar-refractivity contribution in [3.05, 3.63) is 70.5 Å². The average molecular weight is 369 g/mol. The maximum atomic E-state index is 12.8. The number of fused-ring (bicyclic) bond motifs is 1. The smallest absolute Gasteiger partial charge is 0.310 e. The quantitative estimate of drug-likeness (QED) is 0.763. The van der Waals surface area contributed by atoms with E-state index in [4.69, 9.17) is 4.74 Å². The van der Waals surface area contributed by atoms with Crippen LogP contribution in [0, 0.1) is 5.82 Å². The number of hydrogen-bond donors (Lipinski definition) is 1. The molecule has 0 saturated heterocycles. The Morgan fingerprint density at radius 2 is 1.67 bits per heavy atom. The molecule has 0 radical (unpaired) electrons. The zero-order chi connectivity index (χ0) is 19.1. The van der Waals surface area contributed by atoms with Crippen molar-refractivity contribution >= 4 is 11.9 Å². The number of benzene rings is 2. The van der Waals surface area contributed by atoms with Crippen molar-refractivity contribution in [1.82, 2.24) is 5.32 Å². The molecule has 0 unspecified atom stereocenters. The van der Waals surface area contributed by atoms with Crippen LogP contribution >= 0.6 is 0 Å². The second-order valence-electron chi connectivity index (χ2n) is 6.87. The fourth-order valence-corrected chi connectivity index (χ4v) is 3.31. The van der Waals surface area contributed by atoms with Crippen LogP contribution in [0.15, 0.2) is 42.5 Å². The lowest BCUT2D eigenvalue weighted by Gasteiger charge is -2.16. The van der Waals surface area contributed by atoms with Gasteiger partial charge in [0.2, 0.25) is 0 Å². The van der Waals surface area contributed by atoms with Crippen LogP contribution in [-0.4, -0.2) is 25.0 Å². The summed E-state index contributed by atoms with van der Waals surface area (Å²) in [5.41, 5.74) is 4.56. The predicted octanol–water partition coefficient (Wildman–Crippen LogP) is 3.15. The van der Waals surface area contributed by atoms with E-state index in [1.54, 1.807) is 12.1 Å². The summed E-state index contributed by atoms with van der Waals surface area (Å²) in [6.07, 6.45) is 5.36. The molecule has 0 saturated carbocycles. The molecular formula is C22H24FNO3. The fourth-order valence-electron chi connectivity index (χ4n) is 3.31. The summed E-state index contributed by atoms with van der Waals surface area (Å²) in [7, 11) is 0. The molecular weight excluding hydrogens is 345 g/mol. The van der Waals surface area contributed by atoms with E-state index < -0.39 is 5.97 Å². The Hall–Kier alpha value is -2.69. The van der Waals surface area contributed by atoms with Gasteiger partial charge in [-0.05, 0) is 66.5 Å². The van der Waals surface area contributed by atoms with Crippen molar-refractivity contribution in [2.75, 3.05) is 13.2 Å². The zero-order valence-corrected chi connectivity index (χ0v) is 15.3. The summed E-state index contributed by atoms with van der Waals surface area (Å²) >= 11 is 0. The van der Waals surface area contributed by atoms with E-state index in [2.05, 4.69) is 17.4 Å². The van der Waals surface area contributed by atoms with Crippen LogP contribution in [0.5, 0.6) is 0 Å². The van der Waals surface area contributed by atoms with Crippen LogP contribution in [0.25, 0.3) is 0 Å². The fraction of sp³-hybridized carbons (Fsp3) is 0.364. The summed E-state index contributed by atoms with van der Waals surface area (Å²) in [6.45, 7) is 0.125. The van der Waals surface area contributed by atoms with E-state index in [-0.39, 0.29) is 24.8 Å². The first-order valence-corrected chi connectivity index (χ1v) is 9.37. The van der Waals surface area contributed by atoms with Crippen molar-refractivity contribution in [3.8, 4) is 0 Å². The van der Waals surface area contributed by atoms with Gasteiger partial charge < -0.3 is 10.1 Å². The summed E-state index contributed by atoms with van der Waals surface area (Å²) in [5.74, 6) is -1.02. The molecule has 27 heavy (non-hydrogen) atoms. The minimum absolute atomic E-state index is 0.177. The second kappa shape index (κ2) is 9.31. The minimum Gasteiger partial charge on any atom is -0.455 e. The standard InChI is InChI=1S/C22H24FNO3/c23-20-9-6-16(7-10-20)11-12-24-21(25)15-27-22(26)14-17-5-8-18-3-1-2-4-19(18)13-17/h5-10,13H,1-4,11-12,14-15H2,(H,24,25). The van der Waals surface area contributed by atoms with E-state index in [0.29, 0.717) is 13.0 Å². The predicted molar refractivity (Wildman–Crippen MR) is 101 cm³/mol. The lowest BCUT2D eigenvalue weighted by atomic mass is 9.90. The third-order valence-electron chi connectivity index (χ3n) is 4.77. The Labute approximate surface area is 158 Å². The van der Waals surface area contributed by atoms with Crippen molar-refractivity contribution in [2.45, 2.75) is 38.5 Å². The molecule has 2 aromatic carbocycles. The van der Waals surface area contributed by atoms with Gasteiger partial charge in [0.1, 0.15) is 5.82 Å². The zero-order valence-electron chi connectivity index (χ0n) is 15.3. The van der Waals surface area contributed by atoms with Gasteiger partial charge in [-0.15, -0.1) is 0 Å². The Bertz CT molecular complexity index is 802. The van der Waals surface area contributed by atoms with Gasteiger partial charge in [-0.2, -0.15) is 0 Å². The highest BCUT2D eigenvalue weighted by Gasteiger charge is 2.12. The first-order chi connectivity index (χ1) is 13.1. The molecule has 2 aromatic rings. The molecule has 1 aliphatic rings. The highest BCUT2D eigenvalue weighted by atomic mass is 19.1. The largest absolute Gasteiger partial charge is 0.455 e. The van der Waals surface area contributed by atoms with Gasteiger partial charge >= 0.3 is 5.97 Å². The van der Waals surface area contributed by atoms with Crippen molar-refractivity contribution < 1.29 is 18.7 Å². The number of hydrogen-bond acceptors (Lipinski definition) is 3. The van der Waals surface area contributed by atoms with E-state index >= 15 is 0 Å². The lowest BCUT2D eigenvalue weighted by Crippen LogP contribution is -2.30. The SMILES string of the molecule is O=C(COC(=O)Cc1ccc2c(c1)CCCC2)NCCc1ccc(F)cc1. The highest BCUT2D eigenvalue weighted by Crippen LogP contribution is 2.22. The van der Waals surface area contributed by atoms with Gasteiger partial charge in [0, 0.05) is 6.54 Å². The number of halogens is 1. The third kappa shape index (κ3) is 5.91. The summed E-state index contributed by atoms with van der Waals surface area (Å²) in [5, 5.41) is 2.70. The number of aryl methyl sites for hydroxylation is 2. The van der Waals surface area contributed by atoms with Gasteiger partial charge in [-0.3, -0.25) is 9.59 Å². The molecule has 5 heteroatoms. The number of ether oxygens (including phenoxy) is 1. The van der Waals surface area contributed by atoms with Crippen LogP contribution in [0.2, 0.25) is 0 Å². The van der Waals surface area contributed by atoms with Gasteiger partial charge in [0.25, 0.3) is 5.91 Å². The molecule has 4 nitrogen and oxygen atoms in total. The van der Waals surface area contributed by atoms with Gasteiger partial charge in [-0.25, -0.2) is 4.39 Å². The highest BCUT2D eigenvalue weighted by molar-refractivity contribution is 5.81. The molecule has 0 heterocycles. The molecule has 0 fully saturated rings. The van der Waals surface area contributed by atoms with E-state index in [1.807, 2.05) is 6.07 Å². The molecule has 1 amide bonds.